The van der Waals surface area contributed by atoms with Crippen molar-refractivity contribution in [2.45, 2.75) is 84.5 Å². The van der Waals surface area contributed by atoms with Gasteiger partial charge in [0.15, 0.2) is 0 Å². The van der Waals surface area contributed by atoms with Crippen molar-refractivity contribution in [3.63, 3.8) is 0 Å². The molecule has 7 aromatic rings. The molecular formula is C48H45F2N5Pt+2. The molecule has 1 aliphatic heterocycles. The van der Waals surface area contributed by atoms with Crippen LogP contribution in [0.1, 0.15) is 95.6 Å². The van der Waals surface area contributed by atoms with Gasteiger partial charge in [0.25, 0.3) is 17.3 Å². The molecule has 0 fully saturated rings. The molecule has 0 radical (unpaired) electrons. The summed E-state index contributed by atoms with van der Waals surface area (Å²) in [5.41, 5.74) is 2.83. The summed E-state index contributed by atoms with van der Waals surface area (Å²) < 4.78 is 75.2. The third-order valence-electron chi connectivity index (χ3n) is 10.2. The van der Waals surface area contributed by atoms with E-state index in [4.69, 9.17) is 5.48 Å². The van der Waals surface area contributed by atoms with E-state index in [1.54, 1.807) is 35.3 Å². The molecule has 0 atom stereocenters. The van der Waals surface area contributed by atoms with Crippen LogP contribution in [0.2, 0.25) is 0 Å². The molecule has 1 aliphatic rings. The van der Waals surface area contributed by atoms with E-state index in [0.717, 1.165) is 22.0 Å². The predicted octanol–water partition coefficient (Wildman–Crippen LogP) is 12.1. The van der Waals surface area contributed by atoms with Crippen molar-refractivity contribution in [3.8, 4) is 5.82 Å². The first-order chi connectivity index (χ1) is 27.6. The number of benzene rings is 4. The van der Waals surface area contributed by atoms with Gasteiger partial charge in [0.05, 0.1) is 5.48 Å². The Hall–Kier alpha value is -5.09. The molecule has 5 nitrogen and oxygen atoms in total. The molecule has 0 unspecified atom stereocenters. The summed E-state index contributed by atoms with van der Waals surface area (Å²) in [7, 11) is 0. The van der Waals surface area contributed by atoms with Crippen molar-refractivity contribution in [1.29, 1.82) is 0 Å². The summed E-state index contributed by atoms with van der Waals surface area (Å²) in [6.45, 7) is 18.3. The van der Waals surface area contributed by atoms with Crippen LogP contribution in [0.25, 0.3) is 27.6 Å². The Kier molecular flexibility index (Phi) is 8.44. The SMILES string of the molecule is [2H]c1c([2H])c([2H])c2c(c1[2H])[N+](c1[c-]c(C(F)(F)c3[c-]c4c(cc3)c3cnccc3n4-c3cc(C(C)(C)C)ccn3)cc(C(C)(C)C)c1)=C=[N+]2c1ccccc1C(C)(C)C.[Pt+2]. The standard InChI is InChI=1S/C48H45F2N5.Pt/c1-45(2,3)31-20-23-52-44(28-31)55-39-21-22-51-29-37(39)36-19-18-32(27-43(36)55)48(49,50)34-24-33(46(4,5)6)25-35(26-34)53-30-54(42-17-13-12-16-41(42)53)40-15-11-10-14-38(40)47(7,8)9;/h10-25,28-29H,1-9H3;/q;+2/i12D,13D,16D,17D;. The molecule has 8 heteroatoms. The van der Waals surface area contributed by atoms with E-state index in [-0.39, 0.29) is 66.6 Å². The van der Waals surface area contributed by atoms with Crippen molar-refractivity contribution in [3.05, 3.63) is 149 Å². The van der Waals surface area contributed by atoms with Gasteiger partial charge in [0, 0.05) is 47.8 Å². The third-order valence-corrected chi connectivity index (χ3v) is 10.2. The maximum absolute atomic E-state index is 17.5. The van der Waals surface area contributed by atoms with Crippen molar-refractivity contribution in [1.82, 2.24) is 23.7 Å². The molecule has 0 spiro atoms. The van der Waals surface area contributed by atoms with Crippen LogP contribution in [0, 0.1) is 12.1 Å². The second kappa shape index (κ2) is 13.8. The van der Waals surface area contributed by atoms with Crippen LogP contribution in [-0.2, 0) is 43.2 Å². The van der Waals surface area contributed by atoms with Crippen LogP contribution in [0.3, 0.4) is 0 Å². The van der Waals surface area contributed by atoms with Crippen LogP contribution in [-0.4, -0.2) is 20.5 Å². The Morgan fingerprint density at radius 1 is 0.696 bits per heavy atom. The van der Waals surface area contributed by atoms with Gasteiger partial charge in [-0.3, -0.25) is 4.98 Å². The molecule has 56 heavy (non-hydrogen) atoms. The van der Waals surface area contributed by atoms with Crippen LogP contribution in [0.5, 0.6) is 0 Å². The average Bonchev–Trinajstić information content (AvgIpc) is 3.75. The fourth-order valence-corrected chi connectivity index (χ4v) is 7.11. The molecule has 0 saturated heterocycles. The zero-order valence-corrected chi connectivity index (χ0v) is 35.2. The molecule has 8 rings (SSSR count). The topological polar surface area (TPSA) is 36.7 Å². The Morgan fingerprint density at radius 3 is 2.09 bits per heavy atom. The minimum atomic E-state index is -3.62. The number of aromatic nitrogens is 3. The Balaban J connectivity index is 0.00000544. The molecule has 0 amide bonds. The normalized spacial score (nSPS) is 14.4. The zero-order valence-electron chi connectivity index (χ0n) is 36.9. The second-order valence-electron chi connectivity index (χ2n) is 17.2. The minimum absolute atomic E-state index is 0. The quantitative estimate of drug-likeness (QED) is 0.127. The fraction of sp³-hybridized carbons (Fsp3) is 0.271. The summed E-state index contributed by atoms with van der Waals surface area (Å²) in [4.78, 5) is 9.03. The minimum Gasteiger partial charge on any atom is -0.319 e. The summed E-state index contributed by atoms with van der Waals surface area (Å²) in [6, 6.07) is 27.6. The zero-order chi connectivity index (χ0) is 42.6. The van der Waals surface area contributed by atoms with E-state index in [1.807, 2.05) is 67.8 Å². The summed E-state index contributed by atoms with van der Waals surface area (Å²) >= 11 is 0. The fourth-order valence-electron chi connectivity index (χ4n) is 7.11. The smallest absolute Gasteiger partial charge is 0.319 e. The molecule has 0 saturated carbocycles. The number of hydrogen-bond donors (Lipinski definition) is 0. The van der Waals surface area contributed by atoms with Gasteiger partial charge in [0.1, 0.15) is 11.5 Å². The first-order valence-electron chi connectivity index (χ1n) is 20.4. The van der Waals surface area contributed by atoms with Crippen LogP contribution in [0.4, 0.5) is 31.5 Å². The largest absolute Gasteiger partial charge is 2.00 e. The van der Waals surface area contributed by atoms with E-state index in [1.165, 1.54) is 16.7 Å². The molecule has 4 aromatic carbocycles. The van der Waals surface area contributed by atoms with Crippen LogP contribution < -0.4 is 9.15 Å². The number of alkyl halides is 2. The van der Waals surface area contributed by atoms with Gasteiger partial charge in [-0.2, -0.15) is 18.2 Å². The van der Waals surface area contributed by atoms with Gasteiger partial charge < -0.3 is 4.57 Å². The molecule has 0 aliphatic carbocycles. The van der Waals surface area contributed by atoms with E-state index in [0.29, 0.717) is 28.0 Å². The van der Waals surface area contributed by atoms with Gasteiger partial charge in [-0.25, -0.2) is 13.8 Å². The van der Waals surface area contributed by atoms with Crippen LogP contribution >= 0.6 is 0 Å². The number of rotatable bonds is 5. The molecule has 3 aromatic heterocycles. The Morgan fingerprint density at radius 2 is 1.39 bits per heavy atom. The maximum atomic E-state index is 17.5. The van der Waals surface area contributed by atoms with Gasteiger partial charge in [0.2, 0.25) is 5.69 Å². The summed E-state index contributed by atoms with van der Waals surface area (Å²) in [6.07, 6.45) is 5.12. The molecular weight excluding hydrogens is 880 g/mol. The number of pyridine rings is 2. The summed E-state index contributed by atoms with van der Waals surface area (Å²) in [5.74, 6) is -3.05. The average molecular weight is 929 g/mol. The molecule has 4 heterocycles. The number of halogens is 2. The maximum Gasteiger partial charge on any atom is 2.00 e. The predicted molar refractivity (Wildman–Crippen MR) is 220 cm³/mol. The monoisotopic (exact) mass is 928 g/mol. The van der Waals surface area contributed by atoms with E-state index in [9.17, 15) is 0 Å². The van der Waals surface area contributed by atoms with E-state index in [2.05, 4.69) is 69.7 Å². The second-order valence-corrected chi connectivity index (χ2v) is 17.2. The van der Waals surface area contributed by atoms with Gasteiger partial charge >= 0.3 is 27.1 Å². The summed E-state index contributed by atoms with van der Waals surface area (Å²) in [5, 5.41) is 1.48. The number of nitrogens with zero attached hydrogens (tertiary/aromatic N) is 5. The van der Waals surface area contributed by atoms with Crippen molar-refractivity contribution in [2.24, 2.45) is 0 Å². The van der Waals surface area contributed by atoms with Crippen molar-refractivity contribution in [2.75, 3.05) is 0 Å². The number of para-hydroxylation sites is 3. The van der Waals surface area contributed by atoms with Gasteiger partial charge in [-0.05, 0) is 50.0 Å². The van der Waals surface area contributed by atoms with E-state index < -0.39 is 29.0 Å². The molecule has 0 bridgehead atoms. The van der Waals surface area contributed by atoms with Crippen molar-refractivity contribution < 1.29 is 35.3 Å². The Labute approximate surface area is 348 Å². The first kappa shape index (κ1) is 34.2. The number of fused-ring (bicyclic) bond motifs is 4. The Bertz CT molecular complexity index is 2970. The molecule has 0 N–H and O–H groups in total. The molecule has 284 valence electrons. The first-order valence-corrected chi connectivity index (χ1v) is 18.4. The van der Waals surface area contributed by atoms with Gasteiger partial charge in [-0.1, -0.05) is 126 Å². The van der Waals surface area contributed by atoms with Crippen LogP contribution in [0.15, 0.2) is 109 Å². The van der Waals surface area contributed by atoms with E-state index >= 15 is 8.78 Å². The third kappa shape index (κ3) is 6.76. The van der Waals surface area contributed by atoms with Gasteiger partial charge in [-0.15, -0.1) is 17.0 Å². The number of hydrogen-bond acceptors (Lipinski definition) is 2. The van der Waals surface area contributed by atoms with Crippen molar-refractivity contribution >= 4 is 50.6 Å².